The second kappa shape index (κ2) is 14.0. The highest BCUT2D eigenvalue weighted by Gasteiger charge is 2.36. The molecule has 1 saturated carbocycles. The number of hydrogen-bond donors (Lipinski definition) is 0. The first-order chi connectivity index (χ1) is 9.39. The molecule has 0 nitrogen and oxygen atoms in total. The smallest absolute Gasteiger partial charge is 0.0360 e. The lowest BCUT2D eigenvalue weighted by Gasteiger charge is -2.15. The molecular formula is C20H44. The Labute approximate surface area is 131 Å². The van der Waals surface area contributed by atoms with Crippen molar-refractivity contribution in [1.82, 2.24) is 0 Å². The largest absolute Gasteiger partial charge is 0.0656 e. The van der Waals surface area contributed by atoms with E-state index in [1.807, 2.05) is 0 Å². The van der Waals surface area contributed by atoms with E-state index in [9.17, 15) is 0 Å². The lowest BCUT2D eigenvalue weighted by molar-refractivity contribution is 0.362. The molecule has 0 aromatic rings. The van der Waals surface area contributed by atoms with Crippen molar-refractivity contribution in [3.63, 3.8) is 0 Å². The average molecular weight is 285 g/mol. The van der Waals surface area contributed by atoms with E-state index in [0.717, 1.165) is 29.6 Å². The maximum atomic E-state index is 2.40. The molecule has 0 heteroatoms. The molecule has 1 fully saturated rings. The van der Waals surface area contributed by atoms with Gasteiger partial charge in [-0.15, -0.1) is 0 Å². The molecule has 0 radical (unpaired) electrons. The number of rotatable bonds is 6. The molecule has 1 rings (SSSR count). The van der Waals surface area contributed by atoms with Crippen LogP contribution in [0, 0.1) is 29.6 Å². The second-order valence-corrected chi connectivity index (χ2v) is 7.17. The first-order valence-corrected chi connectivity index (χ1v) is 9.39. The van der Waals surface area contributed by atoms with E-state index < -0.39 is 0 Å². The van der Waals surface area contributed by atoms with Gasteiger partial charge in [-0.1, -0.05) is 94.4 Å². The summed E-state index contributed by atoms with van der Waals surface area (Å²) >= 11 is 0. The van der Waals surface area contributed by atoms with Crippen molar-refractivity contribution in [3.05, 3.63) is 0 Å². The van der Waals surface area contributed by atoms with Crippen LogP contribution in [0.1, 0.15) is 101 Å². The summed E-state index contributed by atoms with van der Waals surface area (Å²) in [6.07, 6.45) is 8.24. The number of hydrogen-bond acceptors (Lipinski definition) is 0. The van der Waals surface area contributed by atoms with Gasteiger partial charge >= 0.3 is 0 Å². The zero-order valence-electron chi connectivity index (χ0n) is 16.1. The Morgan fingerprint density at radius 1 is 0.900 bits per heavy atom. The Morgan fingerprint density at radius 3 is 1.45 bits per heavy atom. The summed E-state index contributed by atoms with van der Waals surface area (Å²) in [5.74, 6) is 4.97. The molecule has 20 heavy (non-hydrogen) atoms. The fourth-order valence-electron chi connectivity index (χ4n) is 3.04. The van der Waals surface area contributed by atoms with Crippen molar-refractivity contribution >= 4 is 0 Å². The van der Waals surface area contributed by atoms with Crippen molar-refractivity contribution in [2.24, 2.45) is 29.6 Å². The minimum atomic E-state index is 0.880. The predicted octanol–water partition coefficient (Wildman–Crippen LogP) is 7.57. The van der Waals surface area contributed by atoms with Gasteiger partial charge in [-0.25, -0.2) is 0 Å². The first-order valence-electron chi connectivity index (χ1n) is 9.39. The van der Waals surface area contributed by atoms with Crippen LogP contribution in [-0.2, 0) is 0 Å². The third-order valence-electron chi connectivity index (χ3n) is 4.64. The Bertz CT molecular complexity index is 178. The van der Waals surface area contributed by atoms with Gasteiger partial charge in [0, 0.05) is 0 Å². The second-order valence-electron chi connectivity index (χ2n) is 7.17. The van der Waals surface area contributed by atoms with Gasteiger partial charge in [-0.2, -0.15) is 0 Å². The molecule has 0 amide bonds. The third kappa shape index (κ3) is 11.8. The highest BCUT2D eigenvalue weighted by Crippen LogP contribution is 2.45. The molecule has 0 spiro atoms. The molecule has 0 saturated heterocycles. The summed E-state index contributed by atoms with van der Waals surface area (Å²) in [5, 5.41) is 0. The Balaban J connectivity index is 0. The summed E-state index contributed by atoms with van der Waals surface area (Å²) in [6, 6.07) is 0. The average Bonchev–Trinajstić information content (AvgIpc) is 3.10. The van der Waals surface area contributed by atoms with Gasteiger partial charge in [0.2, 0.25) is 0 Å². The molecule has 0 aliphatic heterocycles. The van der Waals surface area contributed by atoms with E-state index in [-0.39, 0.29) is 0 Å². The molecule has 0 aromatic carbocycles. The molecule has 1 aliphatic carbocycles. The van der Waals surface area contributed by atoms with E-state index in [1.54, 1.807) is 0 Å². The van der Waals surface area contributed by atoms with E-state index >= 15 is 0 Å². The Morgan fingerprint density at radius 2 is 1.30 bits per heavy atom. The Kier molecular flexibility index (Phi) is 15.6. The normalized spacial score (nSPS) is 21.8. The van der Waals surface area contributed by atoms with Gasteiger partial charge in [-0.05, 0) is 36.0 Å². The van der Waals surface area contributed by atoms with Crippen molar-refractivity contribution in [3.8, 4) is 0 Å². The van der Waals surface area contributed by atoms with Crippen molar-refractivity contribution in [2.45, 2.75) is 101 Å². The quantitative estimate of drug-likeness (QED) is 0.471. The Hall–Kier alpha value is 0. The van der Waals surface area contributed by atoms with Gasteiger partial charge in [0.25, 0.3) is 0 Å². The fraction of sp³-hybridized carbons (Fsp3) is 1.00. The monoisotopic (exact) mass is 284 g/mol. The van der Waals surface area contributed by atoms with Gasteiger partial charge in [0.05, 0.1) is 0 Å². The standard InChI is InChI=1S/C9H18.C8H18.C3H8/c1-4-5-7(2)9-6-8(9)3;1-5-8(6-2)7(3)4;1-3-2/h7-9H,4-6H2,1-3H3;7-8H,5-6H2,1-4H3;3H2,1-2H3. The highest BCUT2D eigenvalue weighted by atomic mass is 14.4. The van der Waals surface area contributed by atoms with Gasteiger partial charge < -0.3 is 0 Å². The predicted molar refractivity (Wildman–Crippen MR) is 96.2 cm³/mol. The molecule has 1 aliphatic rings. The molecule has 0 bridgehead atoms. The maximum Gasteiger partial charge on any atom is -0.0360 e. The lowest BCUT2D eigenvalue weighted by Crippen LogP contribution is -2.04. The van der Waals surface area contributed by atoms with Crippen LogP contribution in [0.3, 0.4) is 0 Å². The zero-order valence-corrected chi connectivity index (χ0v) is 16.1. The maximum absolute atomic E-state index is 2.40. The van der Waals surface area contributed by atoms with Gasteiger partial charge in [-0.3, -0.25) is 0 Å². The molecule has 124 valence electrons. The van der Waals surface area contributed by atoms with Crippen LogP contribution in [-0.4, -0.2) is 0 Å². The SMILES string of the molecule is CCC.CCC(CC)C(C)C.CCCC(C)C1CC1C. The van der Waals surface area contributed by atoms with Crippen LogP contribution in [0.25, 0.3) is 0 Å². The van der Waals surface area contributed by atoms with E-state index in [1.165, 1.54) is 38.5 Å². The first kappa shape index (κ1) is 22.3. The molecule has 0 N–H and O–H groups in total. The van der Waals surface area contributed by atoms with E-state index in [0.29, 0.717) is 0 Å². The van der Waals surface area contributed by atoms with Crippen LogP contribution < -0.4 is 0 Å². The van der Waals surface area contributed by atoms with Crippen LogP contribution in [0.5, 0.6) is 0 Å². The van der Waals surface area contributed by atoms with Gasteiger partial charge in [0.1, 0.15) is 0 Å². The molecule has 0 heterocycles. The summed E-state index contributed by atoms with van der Waals surface area (Å²) in [7, 11) is 0. The van der Waals surface area contributed by atoms with Crippen molar-refractivity contribution in [2.75, 3.05) is 0 Å². The minimum Gasteiger partial charge on any atom is -0.0656 e. The molecule has 0 aromatic heterocycles. The van der Waals surface area contributed by atoms with Crippen molar-refractivity contribution in [1.29, 1.82) is 0 Å². The summed E-state index contributed by atoms with van der Waals surface area (Å²) in [4.78, 5) is 0. The van der Waals surface area contributed by atoms with Gasteiger partial charge in [0.15, 0.2) is 0 Å². The van der Waals surface area contributed by atoms with E-state index in [2.05, 4.69) is 62.3 Å². The molecule has 3 atom stereocenters. The summed E-state index contributed by atoms with van der Waals surface area (Å²) in [5.41, 5.74) is 0. The van der Waals surface area contributed by atoms with E-state index in [4.69, 9.17) is 0 Å². The van der Waals surface area contributed by atoms with Crippen LogP contribution in [0.2, 0.25) is 0 Å². The lowest BCUT2D eigenvalue weighted by atomic mass is 9.91. The highest BCUT2D eigenvalue weighted by molar-refractivity contribution is 4.85. The third-order valence-corrected chi connectivity index (χ3v) is 4.64. The topological polar surface area (TPSA) is 0 Å². The van der Waals surface area contributed by atoms with Crippen LogP contribution >= 0.6 is 0 Å². The fourth-order valence-corrected chi connectivity index (χ4v) is 3.04. The minimum absolute atomic E-state index is 0.880. The molecular weight excluding hydrogens is 240 g/mol. The van der Waals surface area contributed by atoms with Crippen LogP contribution in [0.15, 0.2) is 0 Å². The summed E-state index contributed by atoms with van der Waals surface area (Å²) < 4.78 is 0. The zero-order chi connectivity index (χ0) is 16.1. The van der Waals surface area contributed by atoms with Crippen LogP contribution in [0.4, 0.5) is 0 Å². The summed E-state index contributed by atoms with van der Waals surface area (Å²) in [6.45, 7) is 20.5. The molecule has 3 unspecified atom stereocenters. The van der Waals surface area contributed by atoms with Crippen molar-refractivity contribution < 1.29 is 0 Å².